The van der Waals surface area contributed by atoms with Gasteiger partial charge in [0.1, 0.15) is 11.2 Å². The molecular formula is C34H70N4O7. The second-order valence-corrected chi connectivity index (χ2v) is 11.4. The molecule has 11 nitrogen and oxygen atoms in total. The Bertz CT molecular complexity index is 828. The lowest BCUT2D eigenvalue weighted by Gasteiger charge is -2.21. The highest BCUT2D eigenvalue weighted by Crippen LogP contribution is 2.16. The molecule has 45 heavy (non-hydrogen) atoms. The smallest absolute Gasteiger partial charge is 0.407 e. The Morgan fingerprint density at radius 3 is 1.93 bits per heavy atom. The molecule has 1 fully saturated rings. The number of hydrogen-bond donors (Lipinski definition) is 5. The monoisotopic (exact) mass is 647 g/mol. The molecule has 6 N–H and O–H groups in total. The number of amides is 2. The first kappa shape index (κ1) is 51.9. The van der Waals surface area contributed by atoms with Crippen LogP contribution in [0.15, 0.2) is 43.0 Å². The molecule has 1 aromatic rings. The minimum absolute atomic E-state index is 0. The van der Waals surface area contributed by atoms with E-state index in [2.05, 4.69) is 29.3 Å². The van der Waals surface area contributed by atoms with Gasteiger partial charge in [0.25, 0.3) is 0 Å². The first-order valence-electron chi connectivity index (χ1n) is 14.6. The zero-order valence-electron chi connectivity index (χ0n) is 27.2. The van der Waals surface area contributed by atoms with Crippen molar-refractivity contribution in [3.63, 3.8) is 0 Å². The molecule has 11 heteroatoms. The Morgan fingerprint density at radius 1 is 1.04 bits per heavy atom. The summed E-state index contributed by atoms with van der Waals surface area (Å²) in [6, 6.07) is 10.2. The SMILES string of the molecule is C.C.C.C=CCNC(=O)OC(C)(C)C.CC(C)(C)OC(=O)NCC1CCN(Cc2ccccc2)O1.CCC(O)CCN.CCO. The van der Waals surface area contributed by atoms with E-state index >= 15 is 0 Å². The van der Waals surface area contributed by atoms with Crippen molar-refractivity contribution in [1.29, 1.82) is 0 Å². The zero-order chi connectivity index (χ0) is 32.6. The van der Waals surface area contributed by atoms with E-state index in [1.165, 1.54) is 5.56 Å². The van der Waals surface area contributed by atoms with Crippen LogP contribution in [-0.2, 0) is 20.9 Å². The summed E-state index contributed by atoms with van der Waals surface area (Å²) in [5.41, 5.74) is 5.47. The molecule has 0 spiro atoms. The van der Waals surface area contributed by atoms with Crippen LogP contribution in [0.5, 0.6) is 0 Å². The summed E-state index contributed by atoms with van der Waals surface area (Å²) in [5.74, 6) is 0. The number of carbonyl (C=O) groups is 2. The van der Waals surface area contributed by atoms with Gasteiger partial charge in [0, 0.05) is 32.8 Å². The standard InChI is InChI=1S/C16H24N2O3.C8H15NO2.C5H13NO.C2H6O.3CH4/c1-16(2,3)20-15(19)17-11-14-9-10-18(21-14)12-13-7-5-4-6-8-13;1-5-6-9-7(10)11-8(2,3)4;1-2-5(7)3-4-6;1-2-3;;;/h4-8,14H,9-12H2,1-3H3,(H,17,19);5H,1,6H2,2-4H3,(H,9,10);5,7H,2-4,6H2,1H3;3H,2H2,1H3;3*1H4. The average Bonchev–Trinajstić information content (AvgIpc) is 3.33. The van der Waals surface area contributed by atoms with Crippen LogP contribution in [0.25, 0.3) is 0 Å². The van der Waals surface area contributed by atoms with Gasteiger partial charge in [-0.05, 0) is 79.8 Å². The van der Waals surface area contributed by atoms with Crippen LogP contribution in [0.2, 0.25) is 0 Å². The van der Waals surface area contributed by atoms with Crippen LogP contribution < -0.4 is 16.4 Å². The van der Waals surface area contributed by atoms with Gasteiger partial charge in [0.05, 0.1) is 12.2 Å². The van der Waals surface area contributed by atoms with Crippen LogP contribution >= 0.6 is 0 Å². The molecule has 0 radical (unpaired) electrons. The second-order valence-electron chi connectivity index (χ2n) is 11.4. The quantitative estimate of drug-likeness (QED) is 0.191. The van der Waals surface area contributed by atoms with E-state index in [0.717, 1.165) is 32.4 Å². The molecule has 1 aromatic carbocycles. The predicted molar refractivity (Wildman–Crippen MR) is 188 cm³/mol. The first-order valence-corrected chi connectivity index (χ1v) is 14.6. The molecule has 2 atom stereocenters. The topological polar surface area (TPSA) is 156 Å². The van der Waals surface area contributed by atoms with Crippen molar-refractivity contribution in [2.45, 2.75) is 127 Å². The summed E-state index contributed by atoms with van der Waals surface area (Å²) in [4.78, 5) is 28.2. The number of hydrogen-bond acceptors (Lipinski definition) is 9. The summed E-state index contributed by atoms with van der Waals surface area (Å²) in [6.07, 6.45) is 3.09. The number of nitrogens with one attached hydrogen (secondary N) is 2. The van der Waals surface area contributed by atoms with Gasteiger partial charge in [-0.25, -0.2) is 9.59 Å². The van der Waals surface area contributed by atoms with Crippen molar-refractivity contribution in [2.24, 2.45) is 5.73 Å². The maximum absolute atomic E-state index is 11.6. The number of nitrogens with two attached hydrogens (primary N) is 1. The largest absolute Gasteiger partial charge is 0.444 e. The van der Waals surface area contributed by atoms with Crippen molar-refractivity contribution in [2.75, 3.05) is 32.8 Å². The van der Waals surface area contributed by atoms with E-state index in [1.807, 2.05) is 71.7 Å². The fourth-order valence-corrected chi connectivity index (χ4v) is 3.02. The molecule has 1 aliphatic rings. The lowest BCUT2D eigenvalue weighted by atomic mass is 10.2. The third-order valence-corrected chi connectivity index (χ3v) is 4.83. The Labute approximate surface area is 275 Å². The molecule has 0 aromatic heterocycles. The summed E-state index contributed by atoms with van der Waals surface area (Å²) in [7, 11) is 0. The maximum atomic E-state index is 11.6. The fraction of sp³-hybridized carbons (Fsp3) is 0.706. The highest BCUT2D eigenvalue weighted by molar-refractivity contribution is 5.68. The van der Waals surface area contributed by atoms with E-state index in [0.29, 0.717) is 19.6 Å². The Hall–Kier alpha value is -2.70. The van der Waals surface area contributed by atoms with E-state index < -0.39 is 23.4 Å². The van der Waals surface area contributed by atoms with E-state index in [9.17, 15) is 9.59 Å². The minimum Gasteiger partial charge on any atom is -0.444 e. The first-order chi connectivity index (χ1) is 19.6. The lowest BCUT2D eigenvalue weighted by molar-refractivity contribution is -0.150. The van der Waals surface area contributed by atoms with E-state index in [4.69, 9.17) is 30.3 Å². The molecule has 2 amide bonds. The third kappa shape index (κ3) is 35.6. The van der Waals surface area contributed by atoms with Gasteiger partial charge in [-0.15, -0.1) is 6.58 Å². The second kappa shape index (κ2) is 30.0. The zero-order valence-corrected chi connectivity index (χ0v) is 27.2. The van der Waals surface area contributed by atoms with E-state index in [-0.39, 0.29) is 41.1 Å². The highest BCUT2D eigenvalue weighted by Gasteiger charge is 2.25. The van der Waals surface area contributed by atoms with Gasteiger partial charge >= 0.3 is 12.2 Å². The normalized spacial score (nSPS) is 14.2. The van der Waals surface area contributed by atoms with E-state index in [1.54, 1.807) is 13.0 Å². The molecule has 0 saturated carbocycles. The van der Waals surface area contributed by atoms with Crippen LogP contribution in [0.1, 0.15) is 102 Å². The summed E-state index contributed by atoms with van der Waals surface area (Å²) in [5, 5.41) is 23.6. The van der Waals surface area contributed by atoms with Crippen molar-refractivity contribution >= 4 is 12.2 Å². The molecule has 1 heterocycles. The number of benzene rings is 1. The molecule has 2 rings (SSSR count). The number of alkyl carbamates (subject to hydrolysis) is 2. The molecule has 0 bridgehead atoms. The number of rotatable bonds is 9. The number of ether oxygens (including phenoxy) is 2. The predicted octanol–water partition coefficient (Wildman–Crippen LogP) is 6.43. The van der Waals surface area contributed by atoms with Crippen molar-refractivity contribution in [3.8, 4) is 0 Å². The Balaban J connectivity index is -0.000000189. The van der Waals surface area contributed by atoms with Crippen molar-refractivity contribution in [3.05, 3.63) is 48.6 Å². The molecule has 0 aliphatic carbocycles. The van der Waals surface area contributed by atoms with Crippen LogP contribution in [0.4, 0.5) is 9.59 Å². The molecular weight excluding hydrogens is 576 g/mol. The summed E-state index contributed by atoms with van der Waals surface area (Å²) in [6.45, 7) is 21.5. The number of aliphatic hydroxyl groups excluding tert-OH is 2. The summed E-state index contributed by atoms with van der Waals surface area (Å²) >= 11 is 0. The number of carbonyl (C=O) groups excluding carboxylic acids is 2. The van der Waals surface area contributed by atoms with Gasteiger partial charge < -0.3 is 36.1 Å². The highest BCUT2D eigenvalue weighted by atomic mass is 16.7. The van der Waals surface area contributed by atoms with Gasteiger partial charge in [-0.1, -0.05) is 65.6 Å². The van der Waals surface area contributed by atoms with Gasteiger partial charge in [0.15, 0.2) is 0 Å². The van der Waals surface area contributed by atoms with Gasteiger partial charge in [0.2, 0.25) is 0 Å². The van der Waals surface area contributed by atoms with Crippen molar-refractivity contribution < 1.29 is 34.1 Å². The minimum atomic E-state index is -0.472. The van der Waals surface area contributed by atoms with Crippen LogP contribution in [0.3, 0.4) is 0 Å². The average molecular weight is 647 g/mol. The van der Waals surface area contributed by atoms with Crippen LogP contribution in [-0.4, -0.2) is 83.7 Å². The Kier molecular flexibility index (Phi) is 34.6. The lowest BCUT2D eigenvalue weighted by Crippen LogP contribution is -2.37. The number of hydroxylamine groups is 2. The van der Waals surface area contributed by atoms with Crippen LogP contribution in [0, 0.1) is 0 Å². The molecule has 1 aliphatic heterocycles. The van der Waals surface area contributed by atoms with Gasteiger partial charge in [-0.2, -0.15) is 5.06 Å². The molecule has 1 saturated heterocycles. The number of nitrogens with zero attached hydrogens (tertiary/aromatic N) is 1. The summed E-state index contributed by atoms with van der Waals surface area (Å²) < 4.78 is 10.1. The van der Waals surface area contributed by atoms with Crippen molar-refractivity contribution in [1.82, 2.24) is 15.7 Å². The molecule has 268 valence electrons. The van der Waals surface area contributed by atoms with Gasteiger partial charge in [-0.3, -0.25) is 4.84 Å². The number of aliphatic hydroxyl groups is 2. The fourth-order valence-electron chi connectivity index (χ4n) is 3.02. The Morgan fingerprint density at radius 2 is 1.53 bits per heavy atom. The maximum Gasteiger partial charge on any atom is 0.407 e. The third-order valence-electron chi connectivity index (χ3n) is 4.83. The molecule has 2 unspecified atom stereocenters.